The van der Waals surface area contributed by atoms with Gasteiger partial charge in [0.1, 0.15) is 0 Å². The van der Waals surface area contributed by atoms with Gasteiger partial charge in [0.25, 0.3) is 5.09 Å². The molecule has 0 aromatic heterocycles. The van der Waals surface area contributed by atoms with Crippen molar-refractivity contribution in [3.63, 3.8) is 0 Å². The van der Waals surface area contributed by atoms with E-state index in [2.05, 4.69) is 4.84 Å². The van der Waals surface area contributed by atoms with Crippen LogP contribution in [0, 0.1) is 10.1 Å². The molecule has 0 N–H and O–H groups in total. The maximum absolute atomic E-state index is 9.67. The van der Waals surface area contributed by atoms with Crippen molar-refractivity contribution in [3.05, 3.63) is 10.1 Å². The van der Waals surface area contributed by atoms with E-state index in [0.717, 1.165) is 0 Å². The van der Waals surface area contributed by atoms with Crippen LogP contribution in [0.25, 0.3) is 0 Å². The normalized spacial score (nSPS) is 13.3. The van der Waals surface area contributed by atoms with E-state index in [1.165, 1.54) is 0 Å². The van der Waals surface area contributed by atoms with Gasteiger partial charge < -0.3 is 0 Å². The maximum Gasteiger partial charge on any atom is 0.296 e. The second-order valence-electron chi connectivity index (χ2n) is 1.89. The SMILES string of the molecule is CC(O[N+](=O)[O-])N(C)C. The summed E-state index contributed by atoms with van der Waals surface area (Å²) in [5.41, 5.74) is 0. The van der Waals surface area contributed by atoms with Gasteiger partial charge in [-0.05, 0) is 21.0 Å². The molecule has 0 aromatic carbocycles. The molecule has 0 heterocycles. The lowest BCUT2D eigenvalue weighted by molar-refractivity contribution is -0.773. The minimum Gasteiger partial charge on any atom is -0.295 e. The molecule has 5 nitrogen and oxygen atoms in total. The van der Waals surface area contributed by atoms with E-state index in [-0.39, 0.29) is 0 Å². The highest BCUT2D eigenvalue weighted by molar-refractivity contribution is 4.38. The number of hydrogen-bond acceptors (Lipinski definition) is 4. The third kappa shape index (κ3) is 3.72. The number of rotatable bonds is 3. The molecule has 0 saturated heterocycles. The first-order chi connectivity index (χ1) is 4.04. The van der Waals surface area contributed by atoms with Crippen molar-refractivity contribution >= 4 is 0 Å². The van der Waals surface area contributed by atoms with Crippen LogP contribution in [0.5, 0.6) is 0 Å². The predicted molar refractivity (Wildman–Crippen MR) is 31.2 cm³/mol. The first-order valence-corrected chi connectivity index (χ1v) is 2.51. The maximum atomic E-state index is 9.67. The quantitative estimate of drug-likeness (QED) is 0.312. The third-order valence-electron chi connectivity index (χ3n) is 0.966. The molecule has 54 valence electrons. The molecule has 9 heavy (non-hydrogen) atoms. The van der Waals surface area contributed by atoms with Crippen LogP contribution >= 0.6 is 0 Å². The van der Waals surface area contributed by atoms with Crippen LogP contribution in [0.4, 0.5) is 0 Å². The van der Waals surface area contributed by atoms with Crippen LogP contribution in [0.15, 0.2) is 0 Å². The highest BCUT2D eigenvalue weighted by atomic mass is 17.0. The van der Waals surface area contributed by atoms with Crippen molar-refractivity contribution in [2.75, 3.05) is 14.1 Å². The summed E-state index contributed by atoms with van der Waals surface area (Å²) in [6, 6.07) is 0. The monoisotopic (exact) mass is 134 g/mol. The van der Waals surface area contributed by atoms with Gasteiger partial charge in [0.05, 0.1) is 0 Å². The van der Waals surface area contributed by atoms with Crippen LogP contribution in [0.2, 0.25) is 0 Å². The molecule has 0 aliphatic heterocycles. The zero-order chi connectivity index (χ0) is 7.44. The van der Waals surface area contributed by atoms with E-state index in [4.69, 9.17) is 0 Å². The molecule has 0 aromatic rings. The van der Waals surface area contributed by atoms with E-state index in [1.807, 2.05) is 0 Å². The molecule has 0 saturated carbocycles. The molecule has 0 spiro atoms. The Morgan fingerprint density at radius 1 is 1.67 bits per heavy atom. The number of hydrogen-bond donors (Lipinski definition) is 0. The smallest absolute Gasteiger partial charge is 0.295 e. The molecule has 0 radical (unpaired) electrons. The van der Waals surface area contributed by atoms with Crippen molar-refractivity contribution in [2.24, 2.45) is 0 Å². The van der Waals surface area contributed by atoms with Crippen molar-refractivity contribution in [1.82, 2.24) is 4.90 Å². The van der Waals surface area contributed by atoms with Gasteiger partial charge in [-0.2, -0.15) is 0 Å². The molecule has 0 bridgehead atoms. The Hall–Kier alpha value is -0.840. The van der Waals surface area contributed by atoms with Gasteiger partial charge in [0.15, 0.2) is 6.23 Å². The van der Waals surface area contributed by atoms with Gasteiger partial charge in [-0.1, -0.05) is 0 Å². The molecular weight excluding hydrogens is 124 g/mol. The van der Waals surface area contributed by atoms with Crippen LogP contribution in [0.3, 0.4) is 0 Å². The summed E-state index contributed by atoms with van der Waals surface area (Å²) in [5, 5.41) is 8.87. The van der Waals surface area contributed by atoms with Crippen molar-refractivity contribution < 1.29 is 9.92 Å². The van der Waals surface area contributed by atoms with Crippen LogP contribution in [0.1, 0.15) is 6.92 Å². The summed E-state index contributed by atoms with van der Waals surface area (Å²) in [6.07, 6.45) is -0.472. The zero-order valence-electron chi connectivity index (χ0n) is 5.70. The van der Waals surface area contributed by atoms with E-state index in [0.29, 0.717) is 0 Å². The highest BCUT2D eigenvalue weighted by Gasteiger charge is 2.07. The van der Waals surface area contributed by atoms with Crippen LogP contribution in [-0.4, -0.2) is 30.3 Å². The standard InChI is InChI=1S/C4H10N2O3/c1-4(5(2)3)9-6(7)8/h4H,1-3H3. The lowest BCUT2D eigenvalue weighted by Crippen LogP contribution is -2.29. The average molecular weight is 134 g/mol. The minimum absolute atomic E-state index is 0.472. The van der Waals surface area contributed by atoms with Gasteiger partial charge in [-0.15, -0.1) is 10.1 Å². The molecule has 1 atom stereocenters. The second kappa shape index (κ2) is 3.24. The third-order valence-corrected chi connectivity index (χ3v) is 0.966. The van der Waals surface area contributed by atoms with Crippen LogP contribution in [-0.2, 0) is 4.84 Å². The van der Waals surface area contributed by atoms with Crippen molar-refractivity contribution in [2.45, 2.75) is 13.2 Å². The Balaban J connectivity index is 3.50. The second-order valence-corrected chi connectivity index (χ2v) is 1.89. The van der Waals surface area contributed by atoms with E-state index < -0.39 is 11.3 Å². The fraction of sp³-hybridized carbons (Fsp3) is 1.00. The Labute approximate surface area is 53.3 Å². The fourth-order valence-electron chi connectivity index (χ4n) is 0.219. The van der Waals surface area contributed by atoms with Gasteiger partial charge >= 0.3 is 0 Å². The topological polar surface area (TPSA) is 55.6 Å². The average Bonchev–Trinajstić information content (AvgIpc) is 1.63. The summed E-state index contributed by atoms with van der Waals surface area (Å²) in [7, 11) is 3.41. The van der Waals surface area contributed by atoms with E-state index in [9.17, 15) is 10.1 Å². The van der Waals surface area contributed by atoms with Gasteiger partial charge in [0.2, 0.25) is 0 Å². The Morgan fingerprint density at radius 2 is 2.11 bits per heavy atom. The van der Waals surface area contributed by atoms with Crippen LogP contribution < -0.4 is 0 Å². The minimum atomic E-state index is -0.801. The van der Waals surface area contributed by atoms with Gasteiger partial charge in [-0.25, -0.2) is 0 Å². The van der Waals surface area contributed by atoms with Gasteiger partial charge in [-0.3, -0.25) is 9.74 Å². The molecule has 5 heteroatoms. The lowest BCUT2D eigenvalue weighted by Gasteiger charge is -2.16. The molecule has 0 rings (SSSR count). The predicted octanol–water partition coefficient (Wildman–Crippen LogP) is 0.102. The Bertz CT molecular complexity index is 104. The molecule has 0 amide bonds. The summed E-state index contributed by atoms with van der Waals surface area (Å²) in [4.78, 5) is 15.4. The Kier molecular flexibility index (Phi) is 2.94. The van der Waals surface area contributed by atoms with E-state index in [1.54, 1.807) is 25.9 Å². The van der Waals surface area contributed by atoms with Crippen molar-refractivity contribution in [3.8, 4) is 0 Å². The first kappa shape index (κ1) is 8.16. The van der Waals surface area contributed by atoms with Gasteiger partial charge in [0, 0.05) is 0 Å². The summed E-state index contributed by atoms with van der Waals surface area (Å²) < 4.78 is 0. The number of nitrogens with zero attached hydrogens (tertiary/aromatic N) is 2. The highest BCUT2D eigenvalue weighted by Crippen LogP contribution is 1.92. The molecule has 0 aliphatic carbocycles. The van der Waals surface area contributed by atoms with Crippen molar-refractivity contribution in [1.29, 1.82) is 0 Å². The Morgan fingerprint density at radius 3 is 2.22 bits per heavy atom. The van der Waals surface area contributed by atoms with E-state index >= 15 is 0 Å². The molecule has 1 unspecified atom stereocenters. The first-order valence-electron chi connectivity index (χ1n) is 2.51. The summed E-state index contributed by atoms with van der Waals surface area (Å²) >= 11 is 0. The largest absolute Gasteiger partial charge is 0.296 e. The lowest BCUT2D eigenvalue weighted by atomic mass is 10.6. The molecule has 0 aliphatic rings. The summed E-state index contributed by atoms with van der Waals surface area (Å²) in [5.74, 6) is 0. The molecular formula is C4H10N2O3. The fourth-order valence-corrected chi connectivity index (χ4v) is 0.219. The molecule has 0 fully saturated rings. The summed E-state index contributed by atoms with van der Waals surface area (Å²) in [6.45, 7) is 1.60. The zero-order valence-corrected chi connectivity index (χ0v) is 5.70.